The van der Waals surface area contributed by atoms with Crippen LogP contribution in [0.15, 0.2) is 10.6 Å². The first-order valence-corrected chi connectivity index (χ1v) is 4.66. The van der Waals surface area contributed by atoms with Crippen LogP contribution in [0.1, 0.15) is 11.7 Å². The monoisotopic (exact) mass is 253 g/mol. The highest BCUT2D eigenvalue weighted by Gasteiger charge is 1.98. The van der Waals surface area contributed by atoms with Crippen molar-refractivity contribution in [1.82, 2.24) is 4.98 Å². The van der Waals surface area contributed by atoms with Crippen molar-refractivity contribution in [1.29, 1.82) is 0 Å². The van der Waals surface area contributed by atoms with Crippen LogP contribution >= 0.6 is 31.9 Å². The Hall–Kier alpha value is 0.170. The molecule has 4 heteroatoms. The lowest BCUT2D eigenvalue weighted by Crippen LogP contribution is -1.70. The summed E-state index contributed by atoms with van der Waals surface area (Å²) >= 11 is 6.48. The third kappa shape index (κ3) is 1.79. The van der Waals surface area contributed by atoms with E-state index in [0.717, 1.165) is 17.0 Å². The normalized spacial score (nSPS) is 10.0. The van der Waals surface area contributed by atoms with Crippen molar-refractivity contribution in [3.63, 3.8) is 0 Å². The van der Waals surface area contributed by atoms with Crippen LogP contribution in [0.2, 0.25) is 0 Å². The Bertz CT molecular complexity index is 168. The van der Waals surface area contributed by atoms with Crippen molar-refractivity contribution in [3.8, 4) is 0 Å². The van der Waals surface area contributed by atoms with Crippen LogP contribution in [-0.4, -0.2) is 4.98 Å². The van der Waals surface area contributed by atoms with E-state index in [0.29, 0.717) is 5.33 Å². The highest BCUT2D eigenvalue weighted by molar-refractivity contribution is 9.08. The Morgan fingerprint density at radius 2 is 2.22 bits per heavy atom. The van der Waals surface area contributed by atoms with E-state index in [2.05, 4.69) is 36.8 Å². The summed E-state index contributed by atoms with van der Waals surface area (Å²) in [6.45, 7) is 0. The second-order valence-electron chi connectivity index (χ2n) is 1.49. The zero-order valence-electron chi connectivity index (χ0n) is 4.60. The molecule has 0 aliphatic heterocycles. The highest BCUT2D eigenvalue weighted by Crippen LogP contribution is 2.09. The zero-order valence-corrected chi connectivity index (χ0v) is 7.77. The van der Waals surface area contributed by atoms with Crippen molar-refractivity contribution in [3.05, 3.63) is 17.8 Å². The van der Waals surface area contributed by atoms with Crippen LogP contribution in [0, 0.1) is 0 Å². The van der Waals surface area contributed by atoms with E-state index in [1.807, 2.05) is 0 Å². The standard InChI is InChI=1S/C5H5Br2NO/c6-1-4-3-8-5(2-7)9-4/h3H,1-2H2. The molecule has 0 radical (unpaired) electrons. The fourth-order valence-corrected chi connectivity index (χ4v) is 0.990. The largest absolute Gasteiger partial charge is 0.444 e. The van der Waals surface area contributed by atoms with Crippen LogP contribution in [0.4, 0.5) is 0 Å². The van der Waals surface area contributed by atoms with Crippen LogP contribution in [0.3, 0.4) is 0 Å². The molecule has 1 rings (SSSR count). The number of rotatable bonds is 2. The van der Waals surface area contributed by atoms with Gasteiger partial charge in [0.1, 0.15) is 5.76 Å². The Balaban J connectivity index is 2.74. The SMILES string of the molecule is BrCc1cnc(CBr)o1. The number of hydrogen-bond donors (Lipinski definition) is 0. The molecule has 9 heavy (non-hydrogen) atoms. The average molecular weight is 255 g/mol. The summed E-state index contributed by atoms with van der Waals surface area (Å²) in [5.74, 6) is 1.59. The molecule has 0 spiro atoms. The first kappa shape index (κ1) is 7.28. The fraction of sp³-hybridized carbons (Fsp3) is 0.400. The second kappa shape index (κ2) is 3.37. The summed E-state index contributed by atoms with van der Waals surface area (Å²) in [5, 5.41) is 1.41. The summed E-state index contributed by atoms with van der Waals surface area (Å²) < 4.78 is 5.18. The highest BCUT2D eigenvalue weighted by atomic mass is 79.9. The van der Waals surface area contributed by atoms with Gasteiger partial charge >= 0.3 is 0 Å². The predicted molar refractivity (Wildman–Crippen MR) is 41.8 cm³/mol. The molecule has 0 fully saturated rings. The first-order valence-electron chi connectivity index (χ1n) is 2.42. The third-order valence-corrected chi connectivity index (χ3v) is 1.88. The molecule has 0 aromatic carbocycles. The van der Waals surface area contributed by atoms with E-state index in [9.17, 15) is 0 Å². The number of halogens is 2. The summed E-state index contributed by atoms with van der Waals surface area (Å²) in [7, 11) is 0. The number of oxazole rings is 1. The van der Waals surface area contributed by atoms with Crippen molar-refractivity contribution in [2.24, 2.45) is 0 Å². The van der Waals surface area contributed by atoms with E-state index in [1.165, 1.54) is 0 Å². The maximum Gasteiger partial charge on any atom is 0.205 e. The van der Waals surface area contributed by atoms with E-state index in [4.69, 9.17) is 4.42 Å². The van der Waals surface area contributed by atoms with Gasteiger partial charge < -0.3 is 4.42 Å². The van der Waals surface area contributed by atoms with Crippen LogP contribution < -0.4 is 0 Å². The van der Waals surface area contributed by atoms with Gasteiger partial charge in [0.05, 0.1) is 16.9 Å². The third-order valence-electron chi connectivity index (χ3n) is 0.847. The van der Waals surface area contributed by atoms with E-state index < -0.39 is 0 Å². The van der Waals surface area contributed by atoms with Crippen LogP contribution in [-0.2, 0) is 10.7 Å². The molecule has 0 saturated carbocycles. The smallest absolute Gasteiger partial charge is 0.205 e. The second-order valence-corrected chi connectivity index (χ2v) is 2.61. The average Bonchev–Trinajstić information content (AvgIpc) is 2.34. The molecule has 0 atom stereocenters. The molecular weight excluding hydrogens is 250 g/mol. The van der Waals surface area contributed by atoms with Crippen molar-refractivity contribution < 1.29 is 4.42 Å². The minimum atomic E-state index is 0.681. The lowest BCUT2D eigenvalue weighted by atomic mass is 10.6. The van der Waals surface area contributed by atoms with Gasteiger partial charge in [0.25, 0.3) is 0 Å². The predicted octanol–water partition coefficient (Wildman–Crippen LogP) is 2.46. The molecule has 1 heterocycles. The molecule has 0 unspecified atom stereocenters. The summed E-state index contributed by atoms with van der Waals surface area (Å²) in [4.78, 5) is 3.96. The summed E-state index contributed by atoms with van der Waals surface area (Å²) in [6.07, 6.45) is 1.71. The van der Waals surface area contributed by atoms with Gasteiger partial charge in [0.2, 0.25) is 5.89 Å². The Morgan fingerprint density at radius 1 is 1.44 bits per heavy atom. The minimum Gasteiger partial charge on any atom is -0.444 e. The number of nitrogens with zero attached hydrogens (tertiary/aromatic N) is 1. The van der Waals surface area contributed by atoms with Crippen LogP contribution in [0.5, 0.6) is 0 Å². The molecule has 0 N–H and O–H groups in total. The maximum atomic E-state index is 5.18. The van der Waals surface area contributed by atoms with Gasteiger partial charge in [0, 0.05) is 0 Å². The van der Waals surface area contributed by atoms with Gasteiger partial charge in [-0.2, -0.15) is 0 Å². The lowest BCUT2D eigenvalue weighted by Gasteiger charge is -1.82. The van der Waals surface area contributed by atoms with Gasteiger partial charge in [-0.1, -0.05) is 31.9 Å². The topological polar surface area (TPSA) is 26.0 Å². The van der Waals surface area contributed by atoms with Gasteiger partial charge in [0.15, 0.2) is 0 Å². The molecule has 50 valence electrons. The van der Waals surface area contributed by atoms with Crippen molar-refractivity contribution in [2.75, 3.05) is 0 Å². The van der Waals surface area contributed by atoms with E-state index in [-0.39, 0.29) is 0 Å². The molecule has 0 aliphatic carbocycles. The number of aromatic nitrogens is 1. The van der Waals surface area contributed by atoms with Gasteiger partial charge in [-0.25, -0.2) is 4.98 Å². The molecule has 0 bridgehead atoms. The van der Waals surface area contributed by atoms with Gasteiger partial charge in [-0.3, -0.25) is 0 Å². The molecule has 0 saturated heterocycles. The lowest BCUT2D eigenvalue weighted by molar-refractivity contribution is 0.489. The molecule has 0 amide bonds. The van der Waals surface area contributed by atoms with Crippen molar-refractivity contribution in [2.45, 2.75) is 10.7 Å². The first-order chi connectivity index (χ1) is 4.36. The zero-order chi connectivity index (χ0) is 6.69. The molecule has 1 aromatic heterocycles. The quantitative estimate of drug-likeness (QED) is 0.758. The molecule has 0 aliphatic rings. The molecule has 2 nitrogen and oxygen atoms in total. The van der Waals surface area contributed by atoms with Gasteiger partial charge in [-0.05, 0) is 0 Å². The number of alkyl halides is 2. The molecule has 1 aromatic rings. The Morgan fingerprint density at radius 3 is 2.56 bits per heavy atom. The maximum absolute atomic E-state index is 5.18. The number of hydrogen-bond acceptors (Lipinski definition) is 2. The van der Waals surface area contributed by atoms with Gasteiger partial charge in [-0.15, -0.1) is 0 Å². The Labute approximate surface area is 69.9 Å². The molecular formula is C5H5Br2NO. The van der Waals surface area contributed by atoms with Crippen LogP contribution in [0.25, 0.3) is 0 Å². The fourth-order valence-electron chi connectivity index (χ4n) is 0.472. The minimum absolute atomic E-state index is 0.681. The van der Waals surface area contributed by atoms with E-state index >= 15 is 0 Å². The van der Waals surface area contributed by atoms with Crippen molar-refractivity contribution >= 4 is 31.9 Å². The van der Waals surface area contributed by atoms with E-state index in [1.54, 1.807) is 6.20 Å². The summed E-state index contributed by atoms with van der Waals surface area (Å²) in [6, 6.07) is 0. The Kier molecular flexibility index (Phi) is 2.72. The summed E-state index contributed by atoms with van der Waals surface area (Å²) in [5.41, 5.74) is 0.